The van der Waals surface area contributed by atoms with Crippen molar-refractivity contribution >= 4 is 0 Å². The minimum atomic E-state index is 0.345. The number of rotatable bonds is 4. The predicted molar refractivity (Wildman–Crippen MR) is 79.3 cm³/mol. The van der Waals surface area contributed by atoms with Gasteiger partial charge in [0.15, 0.2) is 0 Å². The van der Waals surface area contributed by atoms with Gasteiger partial charge in [-0.15, -0.1) is 0 Å². The Kier molecular flexibility index (Phi) is 5.63. The minimum absolute atomic E-state index is 0.345. The lowest BCUT2D eigenvalue weighted by Gasteiger charge is -2.39. The van der Waals surface area contributed by atoms with E-state index in [1.54, 1.807) is 0 Å². The van der Waals surface area contributed by atoms with Crippen molar-refractivity contribution in [2.45, 2.75) is 63.8 Å². The van der Waals surface area contributed by atoms with Crippen molar-refractivity contribution in [2.24, 2.45) is 5.73 Å². The molecule has 0 bridgehead atoms. The van der Waals surface area contributed by atoms with Gasteiger partial charge in [0, 0.05) is 31.7 Å². The second kappa shape index (κ2) is 7.02. The van der Waals surface area contributed by atoms with E-state index in [4.69, 9.17) is 10.5 Å². The lowest BCUT2D eigenvalue weighted by atomic mass is 10.0. The Bertz CT molecular complexity index is 274. The van der Waals surface area contributed by atoms with Crippen molar-refractivity contribution in [3.63, 3.8) is 0 Å². The third kappa shape index (κ3) is 3.69. The molecule has 2 heterocycles. The molecule has 0 radical (unpaired) electrons. The standard InChI is InChI=1S/C15H31N3O/c1-4-13-11-17(3)8-5-9-18(13)14(10-16)15-7-6-12(2)19-15/h12-15H,4-11,16H2,1-3H3. The lowest BCUT2D eigenvalue weighted by molar-refractivity contribution is -0.0175. The molecule has 0 aliphatic carbocycles. The topological polar surface area (TPSA) is 41.7 Å². The third-order valence-corrected chi connectivity index (χ3v) is 4.78. The fourth-order valence-electron chi connectivity index (χ4n) is 3.68. The zero-order valence-electron chi connectivity index (χ0n) is 12.8. The van der Waals surface area contributed by atoms with Gasteiger partial charge in [-0.25, -0.2) is 0 Å². The van der Waals surface area contributed by atoms with Gasteiger partial charge in [0.1, 0.15) is 0 Å². The Morgan fingerprint density at radius 2 is 2.11 bits per heavy atom. The summed E-state index contributed by atoms with van der Waals surface area (Å²) in [6.07, 6.45) is 5.55. The molecule has 2 fully saturated rings. The van der Waals surface area contributed by atoms with Gasteiger partial charge in [-0.05, 0) is 46.2 Å². The maximum absolute atomic E-state index is 6.10. The molecule has 2 N–H and O–H groups in total. The molecule has 0 saturated carbocycles. The van der Waals surface area contributed by atoms with Crippen LogP contribution in [0, 0.1) is 0 Å². The summed E-state index contributed by atoms with van der Waals surface area (Å²) in [6, 6.07) is 1.03. The average Bonchev–Trinajstić information content (AvgIpc) is 2.72. The Hall–Kier alpha value is -0.160. The van der Waals surface area contributed by atoms with Gasteiger partial charge in [0.05, 0.1) is 12.2 Å². The SMILES string of the molecule is CCC1CN(C)CCCN1C(CN)C1CCC(C)O1. The smallest absolute Gasteiger partial charge is 0.0747 e. The quantitative estimate of drug-likeness (QED) is 0.835. The molecule has 0 amide bonds. The van der Waals surface area contributed by atoms with Gasteiger partial charge in [0.25, 0.3) is 0 Å². The number of hydrogen-bond acceptors (Lipinski definition) is 4. The molecule has 4 atom stereocenters. The van der Waals surface area contributed by atoms with Crippen LogP contribution in [0.25, 0.3) is 0 Å². The van der Waals surface area contributed by atoms with Crippen LogP contribution < -0.4 is 5.73 Å². The molecular weight excluding hydrogens is 238 g/mol. The second-order valence-electron chi connectivity index (χ2n) is 6.28. The van der Waals surface area contributed by atoms with Crippen molar-refractivity contribution in [3.05, 3.63) is 0 Å². The Balaban J connectivity index is 2.06. The molecule has 4 heteroatoms. The first kappa shape index (κ1) is 15.2. The summed E-state index contributed by atoms with van der Waals surface area (Å²) in [7, 11) is 2.23. The van der Waals surface area contributed by atoms with Crippen molar-refractivity contribution in [1.82, 2.24) is 9.80 Å². The van der Waals surface area contributed by atoms with E-state index in [1.807, 2.05) is 0 Å². The molecular formula is C15H31N3O. The summed E-state index contributed by atoms with van der Waals surface area (Å²) < 4.78 is 6.09. The molecule has 2 saturated heterocycles. The monoisotopic (exact) mass is 269 g/mol. The molecule has 2 aliphatic rings. The number of ether oxygens (including phenoxy) is 1. The summed E-state index contributed by atoms with van der Waals surface area (Å²) in [5, 5.41) is 0. The van der Waals surface area contributed by atoms with Gasteiger partial charge in [-0.3, -0.25) is 4.90 Å². The molecule has 0 aromatic carbocycles. The summed E-state index contributed by atoms with van der Waals surface area (Å²) in [4.78, 5) is 5.10. The summed E-state index contributed by atoms with van der Waals surface area (Å²) in [5.41, 5.74) is 6.10. The van der Waals surface area contributed by atoms with E-state index in [-0.39, 0.29) is 0 Å². The third-order valence-electron chi connectivity index (χ3n) is 4.78. The molecule has 2 rings (SSSR count). The van der Waals surface area contributed by atoms with Crippen LogP contribution in [0.3, 0.4) is 0 Å². The highest BCUT2D eigenvalue weighted by atomic mass is 16.5. The molecule has 4 unspecified atom stereocenters. The van der Waals surface area contributed by atoms with Crippen LogP contribution in [0.4, 0.5) is 0 Å². The first-order chi connectivity index (χ1) is 9.15. The highest BCUT2D eigenvalue weighted by molar-refractivity contribution is 4.90. The number of likely N-dealkylation sites (N-methyl/N-ethyl adjacent to an activating group) is 1. The van der Waals surface area contributed by atoms with Crippen LogP contribution in [0.1, 0.15) is 39.5 Å². The van der Waals surface area contributed by atoms with E-state index in [2.05, 4.69) is 30.7 Å². The molecule has 112 valence electrons. The summed E-state index contributed by atoms with van der Waals surface area (Å²) in [5.74, 6) is 0. The van der Waals surface area contributed by atoms with Crippen molar-refractivity contribution < 1.29 is 4.74 Å². The molecule has 0 aromatic heterocycles. The van der Waals surface area contributed by atoms with E-state index < -0.39 is 0 Å². The zero-order valence-corrected chi connectivity index (χ0v) is 12.8. The van der Waals surface area contributed by atoms with Gasteiger partial charge < -0.3 is 15.4 Å². The van der Waals surface area contributed by atoms with Gasteiger partial charge in [-0.1, -0.05) is 6.92 Å². The van der Waals surface area contributed by atoms with Crippen LogP contribution in [0.15, 0.2) is 0 Å². The van der Waals surface area contributed by atoms with E-state index >= 15 is 0 Å². The molecule has 4 nitrogen and oxygen atoms in total. The minimum Gasteiger partial charge on any atom is -0.374 e. The summed E-state index contributed by atoms with van der Waals surface area (Å²) in [6.45, 7) is 8.72. The zero-order chi connectivity index (χ0) is 13.8. The number of nitrogens with two attached hydrogens (primary N) is 1. The normalized spacial score (nSPS) is 36.3. The number of nitrogens with zero attached hydrogens (tertiary/aromatic N) is 2. The number of hydrogen-bond donors (Lipinski definition) is 1. The highest BCUT2D eigenvalue weighted by Crippen LogP contribution is 2.27. The van der Waals surface area contributed by atoms with E-state index in [0.29, 0.717) is 24.3 Å². The van der Waals surface area contributed by atoms with Crippen LogP contribution in [0.2, 0.25) is 0 Å². The molecule has 0 aromatic rings. The first-order valence-corrected chi connectivity index (χ1v) is 7.95. The maximum Gasteiger partial charge on any atom is 0.0747 e. The van der Waals surface area contributed by atoms with Crippen molar-refractivity contribution in [3.8, 4) is 0 Å². The van der Waals surface area contributed by atoms with E-state index in [9.17, 15) is 0 Å². The van der Waals surface area contributed by atoms with Gasteiger partial charge >= 0.3 is 0 Å². The predicted octanol–water partition coefficient (Wildman–Crippen LogP) is 1.30. The molecule has 19 heavy (non-hydrogen) atoms. The van der Waals surface area contributed by atoms with Crippen LogP contribution in [0.5, 0.6) is 0 Å². The molecule has 0 spiro atoms. The Morgan fingerprint density at radius 3 is 2.68 bits per heavy atom. The lowest BCUT2D eigenvalue weighted by Crippen LogP contribution is -2.54. The van der Waals surface area contributed by atoms with Crippen LogP contribution >= 0.6 is 0 Å². The Morgan fingerprint density at radius 1 is 1.32 bits per heavy atom. The van der Waals surface area contributed by atoms with Gasteiger partial charge in [0.2, 0.25) is 0 Å². The fraction of sp³-hybridized carbons (Fsp3) is 1.00. The summed E-state index contributed by atoms with van der Waals surface area (Å²) >= 11 is 0. The average molecular weight is 269 g/mol. The molecule has 2 aliphatic heterocycles. The highest BCUT2D eigenvalue weighted by Gasteiger charge is 2.36. The van der Waals surface area contributed by atoms with Crippen molar-refractivity contribution in [1.29, 1.82) is 0 Å². The maximum atomic E-state index is 6.10. The van der Waals surface area contributed by atoms with Crippen LogP contribution in [-0.2, 0) is 4.74 Å². The first-order valence-electron chi connectivity index (χ1n) is 7.95. The van der Waals surface area contributed by atoms with Crippen LogP contribution in [-0.4, -0.2) is 67.3 Å². The van der Waals surface area contributed by atoms with Gasteiger partial charge in [-0.2, -0.15) is 0 Å². The fourth-order valence-corrected chi connectivity index (χ4v) is 3.68. The largest absolute Gasteiger partial charge is 0.374 e. The van der Waals surface area contributed by atoms with Crippen molar-refractivity contribution in [2.75, 3.05) is 33.2 Å². The van der Waals surface area contributed by atoms with E-state index in [1.165, 1.54) is 38.8 Å². The second-order valence-corrected chi connectivity index (χ2v) is 6.28. The van der Waals surface area contributed by atoms with E-state index in [0.717, 1.165) is 13.1 Å². The Labute approximate surface area is 118 Å².